The first kappa shape index (κ1) is 14.6. The molecule has 2 rings (SSSR count). The molecule has 1 fully saturated rings. The molecule has 0 bridgehead atoms. The van der Waals surface area contributed by atoms with Crippen molar-refractivity contribution in [2.75, 3.05) is 18.5 Å². The van der Waals surface area contributed by atoms with Gasteiger partial charge >= 0.3 is 0 Å². The molecular formula is C15H24ClN3. The summed E-state index contributed by atoms with van der Waals surface area (Å²) < 4.78 is 0. The standard InChI is InChI=1S/C15H24ClN3/c1-3-7-14-17-13(16)10-15(18-14)19(2)11-12-8-5-4-6-9-12/h10,12H,3-9,11H2,1-2H3. The molecule has 0 spiro atoms. The second kappa shape index (κ2) is 7.09. The number of nitrogens with zero attached hydrogens (tertiary/aromatic N) is 3. The molecule has 1 aliphatic carbocycles. The Hall–Kier alpha value is -0.830. The van der Waals surface area contributed by atoms with E-state index in [1.807, 2.05) is 6.07 Å². The fraction of sp³-hybridized carbons (Fsp3) is 0.733. The van der Waals surface area contributed by atoms with Gasteiger partial charge in [0.25, 0.3) is 0 Å². The second-order valence-corrected chi connectivity index (χ2v) is 5.99. The Bertz CT molecular complexity index is 402. The number of hydrogen-bond acceptors (Lipinski definition) is 3. The van der Waals surface area contributed by atoms with Crippen molar-refractivity contribution < 1.29 is 0 Å². The van der Waals surface area contributed by atoms with Gasteiger partial charge in [0.2, 0.25) is 0 Å². The monoisotopic (exact) mass is 281 g/mol. The summed E-state index contributed by atoms with van der Waals surface area (Å²) in [6.07, 6.45) is 8.81. The SMILES string of the molecule is CCCc1nc(Cl)cc(N(C)CC2CCCCC2)n1. The highest BCUT2D eigenvalue weighted by atomic mass is 35.5. The molecule has 1 aliphatic rings. The van der Waals surface area contributed by atoms with Gasteiger partial charge in [-0.2, -0.15) is 0 Å². The van der Waals surface area contributed by atoms with Crippen LogP contribution < -0.4 is 4.90 Å². The molecule has 0 aliphatic heterocycles. The third-order valence-corrected chi connectivity index (χ3v) is 4.04. The molecule has 106 valence electrons. The van der Waals surface area contributed by atoms with Gasteiger partial charge < -0.3 is 4.90 Å². The molecule has 0 aromatic carbocycles. The number of aryl methyl sites for hydroxylation is 1. The van der Waals surface area contributed by atoms with Gasteiger partial charge in [0.1, 0.15) is 16.8 Å². The zero-order valence-corrected chi connectivity index (χ0v) is 12.8. The van der Waals surface area contributed by atoms with E-state index in [0.717, 1.165) is 36.9 Å². The lowest BCUT2D eigenvalue weighted by molar-refractivity contribution is 0.361. The Balaban J connectivity index is 2.02. The lowest BCUT2D eigenvalue weighted by atomic mass is 9.89. The summed E-state index contributed by atoms with van der Waals surface area (Å²) in [5, 5.41) is 0.559. The third-order valence-electron chi connectivity index (χ3n) is 3.85. The first-order valence-electron chi connectivity index (χ1n) is 7.43. The summed E-state index contributed by atoms with van der Waals surface area (Å²) in [6, 6.07) is 1.88. The fourth-order valence-electron chi connectivity index (χ4n) is 2.83. The molecule has 19 heavy (non-hydrogen) atoms. The largest absolute Gasteiger partial charge is 0.359 e. The van der Waals surface area contributed by atoms with E-state index in [1.54, 1.807) is 0 Å². The van der Waals surface area contributed by atoms with Gasteiger partial charge in [0, 0.05) is 26.1 Å². The maximum absolute atomic E-state index is 6.09. The topological polar surface area (TPSA) is 29.0 Å². The average Bonchev–Trinajstić information content (AvgIpc) is 2.39. The van der Waals surface area contributed by atoms with Crippen molar-refractivity contribution in [1.29, 1.82) is 0 Å². The first-order chi connectivity index (χ1) is 9.19. The molecule has 0 radical (unpaired) electrons. The molecule has 1 aromatic rings. The van der Waals surface area contributed by atoms with Crippen molar-refractivity contribution in [3.63, 3.8) is 0 Å². The summed E-state index contributed by atoms with van der Waals surface area (Å²) in [5.41, 5.74) is 0. The number of rotatable bonds is 5. The normalized spacial score (nSPS) is 16.6. The molecule has 0 atom stereocenters. The van der Waals surface area contributed by atoms with Gasteiger partial charge in [-0.15, -0.1) is 0 Å². The van der Waals surface area contributed by atoms with Crippen LogP contribution in [0.25, 0.3) is 0 Å². The van der Waals surface area contributed by atoms with Crippen LogP contribution in [0.1, 0.15) is 51.3 Å². The van der Waals surface area contributed by atoms with Crippen molar-refractivity contribution in [1.82, 2.24) is 9.97 Å². The second-order valence-electron chi connectivity index (χ2n) is 5.60. The van der Waals surface area contributed by atoms with Crippen molar-refractivity contribution in [3.8, 4) is 0 Å². The van der Waals surface area contributed by atoms with Crippen LogP contribution in [-0.2, 0) is 6.42 Å². The van der Waals surface area contributed by atoms with Crippen LogP contribution in [0.2, 0.25) is 5.15 Å². The first-order valence-corrected chi connectivity index (χ1v) is 7.81. The molecule has 0 amide bonds. The maximum Gasteiger partial charge on any atom is 0.134 e. The number of hydrogen-bond donors (Lipinski definition) is 0. The van der Waals surface area contributed by atoms with E-state index in [4.69, 9.17) is 11.6 Å². The molecule has 0 N–H and O–H groups in total. The summed E-state index contributed by atoms with van der Waals surface area (Å²) in [5.74, 6) is 2.64. The summed E-state index contributed by atoms with van der Waals surface area (Å²) >= 11 is 6.09. The molecule has 1 aromatic heterocycles. The van der Waals surface area contributed by atoms with Gasteiger partial charge in [0.15, 0.2) is 0 Å². The Kier molecular flexibility index (Phi) is 5.44. The van der Waals surface area contributed by atoms with Crippen LogP contribution in [0.3, 0.4) is 0 Å². The zero-order chi connectivity index (χ0) is 13.7. The molecule has 1 heterocycles. The summed E-state index contributed by atoms with van der Waals surface area (Å²) in [6.45, 7) is 3.22. The zero-order valence-electron chi connectivity index (χ0n) is 12.0. The Morgan fingerprint density at radius 2 is 2.00 bits per heavy atom. The minimum Gasteiger partial charge on any atom is -0.359 e. The van der Waals surface area contributed by atoms with Crippen molar-refractivity contribution in [2.24, 2.45) is 5.92 Å². The fourth-order valence-corrected chi connectivity index (χ4v) is 3.03. The van der Waals surface area contributed by atoms with E-state index in [9.17, 15) is 0 Å². The highest BCUT2D eigenvalue weighted by Gasteiger charge is 2.16. The van der Waals surface area contributed by atoms with Gasteiger partial charge in [-0.1, -0.05) is 37.8 Å². The van der Waals surface area contributed by atoms with E-state index >= 15 is 0 Å². The van der Waals surface area contributed by atoms with Crippen LogP contribution in [0, 0.1) is 5.92 Å². The summed E-state index contributed by atoms with van der Waals surface area (Å²) in [4.78, 5) is 11.1. The number of anilines is 1. The highest BCUT2D eigenvalue weighted by Crippen LogP contribution is 2.26. The van der Waals surface area contributed by atoms with E-state index in [0.29, 0.717) is 5.15 Å². The molecule has 0 saturated heterocycles. The summed E-state index contributed by atoms with van der Waals surface area (Å²) in [7, 11) is 2.11. The van der Waals surface area contributed by atoms with Crippen LogP contribution >= 0.6 is 11.6 Å². The smallest absolute Gasteiger partial charge is 0.134 e. The van der Waals surface area contributed by atoms with E-state index in [2.05, 4.69) is 28.8 Å². The van der Waals surface area contributed by atoms with Crippen molar-refractivity contribution in [3.05, 3.63) is 17.0 Å². The predicted molar refractivity (Wildman–Crippen MR) is 80.9 cm³/mol. The average molecular weight is 282 g/mol. The van der Waals surface area contributed by atoms with Gasteiger partial charge in [-0.05, 0) is 25.2 Å². The van der Waals surface area contributed by atoms with E-state index in [1.165, 1.54) is 32.1 Å². The number of halogens is 1. The van der Waals surface area contributed by atoms with Gasteiger partial charge in [-0.25, -0.2) is 9.97 Å². The Labute approximate surface area is 121 Å². The highest BCUT2D eigenvalue weighted by molar-refractivity contribution is 6.29. The quantitative estimate of drug-likeness (QED) is 0.761. The Morgan fingerprint density at radius 1 is 1.26 bits per heavy atom. The van der Waals surface area contributed by atoms with E-state index in [-0.39, 0.29) is 0 Å². The molecule has 0 unspecified atom stereocenters. The minimum absolute atomic E-state index is 0.559. The van der Waals surface area contributed by atoms with Crippen LogP contribution in [-0.4, -0.2) is 23.6 Å². The van der Waals surface area contributed by atoms with Crippen LogP contribution in [0.4, 0.5) is 5.82 Å². The third kappa shape index (κ3) is 4.34. The molecular weight excluding hydrogens is 258 g/mol. The van der Waals surface area contributed by atoms with Gasteiger partial charge in [-0.3, -0.25) is 0 Å². The predicted octanol–water partition coefficient (Wildman–Crippen LogP) is 4.10. The molecule has 4 heteroatoms. The molecule has 1 saturated carbocycles. The Morgan fingerprint density at radius 3 is 2.68 bits per heavy atom. The lowest BCUT2D eigenvalue weighted by Gasteiger charge is -2.27. The lowest BCUT2D eigenvalue weighted by Crippen LogP contribution is -2.27. The van der Waals surface area contributed by atoms with Gasteiger partial charge in [0.05, 0.1) is 0 Å². The maximum atomic E-state index is 6.09. The van der Waals surface area contributed by atoms with E-state index < -0.39 is 0 Å². The van der Waals surface area contributed by atoms with Crippen LogP contribution in [0.5, 0.6) is 0 Å². The minimum atomic E-state index is 0.559. The van der Waals surface area contributed by atoms with Crippen molar-refractivity contribution in [2.45, 2.75) is 51.9 Å². The van der Waals surface area contributed by atoms with Crippen molar-refractivity contribution >= 4 is 17.4 Å². The number of aromatic nitrogens is 2. The molecule has 3 nitrogen and oxygen atoms in total. The van der Waals surface area contributed by atoms with Crippen LogP contribution in [0.15, 0.2) is 6.07 Å².